The first-order chi connectivity index (χ1) is 13.5. The number of amides is 1. The summed E-state index contributed by atoms with van der Waals surface area (Å²) in [4.78, 5) is 35.9. The maximum absolute atomic E-state index is 12.1. The molecule has 3 heterocycles. The van der Waals surface area contributed by atoms with E-state index in [4.69, 9.17) is 19.4 Å². The summed E-state index contributed by atoms with van der Waals surface area (Å²) >= 11 is 0. The zero-order valence-electron chi connectivity index (χ0n) is 15.6. The number of halogens is 3. The van der Waals surface area contributed by atoms with Crippen molar-refractivity contribution in [2.75, 3.05) is 26.2 Å². The predicted molar refractivity (Wildman–Crippen MR) is 92.7 cm³/mol. The van der Waals surface area contributed by atoms with Crippen LogP contribution in [0.2, 0.25) is 0 Å². The molecule has 3 rings (SSSR count). The van der Waals surface area contributed by atoms with Gasteiger partial charge < -0.3 is 19.5 Å². The molecule has 2 fully saturated rings. The van der Waals surface area contributed by atoms with E-state index >= 15 is 0 Å². The average Bonchev–Trinajstić information content (AvgIpc) is 3.11. The number of alkyl halides is 3. The van der Waals surface area contributed by atoms with E-state index in [-0.39, 0.29) is 18.7 Å². The highest BCUT2D eigenvalue weighted by molar-refractivity contribution is 5.80. The molecule has 2 N–H and O–H groups in total. The van der Waals surface area contributed by atoms with Crippen molar-refractivity contribution in [1.82, 2.24) is 9.80 Å². The predicted octanol–water partition coefficient (Wildman–Crippen LogP) is 2.06. The minimum Gasteiger partial charge on any atom is -0.481 e. The molecule has 2 aliphatic rings. The van der Waals surface area contributed by atoms with E-state index in [1.54, 1.807) is 6.26 Å². The van der Waals surface area contributed by atoms with Crippen LogP contribution in [0.4, 0.5) is 13.2 Å². The molecule has 0 unspecified atom stereocenters. The van der Waals surface area contributed by atoms with E-state index in [9.17, 15) is 22.8 Å². The van der Waals surface area contributed by atoms with Gasteiger partial charge in [-0.2, -0.15) is 13.2 Å². The minimum atomic E-state index is -5.08. The van der Waals surface area contributed by atoms with Gasteiger partial charge in [0.1, 0.15) is 5.76 Å². The monoisotopic (exact) mass is 420 g/mol. The van der Waals surface area contributed by atoms with Gasteiger partial charge in [-0.15, -0.1) is 0 Å². The second kappa shape index (κ2) is 9.77. The number of piperidine rings is 2. The highest BCUT2D eigenvalue weighted by Gasteiger charge is 2.38. The number of carbonyl (C=O) groups is 3. The van der Waals surface area contributed by atoms with E-state index in [1.165, 1.54) is 0 Å². The lowest BCUT2D eigenvalue weighted by atomic mass is 9.84. The van der Waals surface area contributed by atoms with Crippen molar-refractivity contribution < 1.29 is 42.2 Å². The smallest absolute Gasteiger partial charge is 0.481 e. The molecule has 2 atom stereocenters. The van der Waals surface area contributed by atoms with Gasteiger partial charge >= 0.3 is 18.1 Å². The van der Waals surface area contributed by atoms with Crippen molar-refractivity contribution in [3.05, 3.63) is 24.2 Å². The zero-order valence-corrected chi connectivity index (χ0v) is 15.6. The molecule has 2 saturated heterocycles. The summed E-state index contributed by atoms with van der Waals surface area (Å²) in [5.74, 6) is -1.74. The molecule has 0 aliphatic carbocycles. The summed E-state index contributed by atoms with van der Waals surface area (Å²) in [5, 5.41) is 15.8. The molecular formula is C18H23F3N2O6. The van der Waals surface area contributed by atoms with Gasteiger partial charge in [0.15, 0.2) is 0 Å². The van der Waals surface area contributed by atoms with E-state index < -0.39 is 18.1 Å². The topological polar surface area (TPSA) is 111 Å². The zero-order chi connectivity index (χ0) is 21.6. The fourth-order valence-electron chi connectivity index (χ4n) is 3.72. The van der Waals surface area contributed by atoms with E-state index in [2.05, 4.69) is 4.90 Å². The maximum Gasteiger partial charge on any atom is 0.490 e. The van der Waals surface area contributed by atoms with Gasteiger partial charge in [-0.1, -0.05) is 0 Å². The molecule has 1 aromatic rings. The number of rotatable bonds is 5. The number of carbonyl (C=O) groups excluding carboxylic acids is 1. The second-order valence-electron chi connectivity index (χ2n) is 7.24. The minimum absolute atomic E-state index is 0.0171. The van der Waals surface area contributed by atoms with Gasteiger partial charge in [-0.3, -0.25) is 14.5 Å². The Morgan fingerprint density at radius 3 is 2.10 bits per heavy atom. The largest absolute Gasteiger partial charge is 0.490 e. The molecule has 1 amide bonds. The Kier molecular flexibility index (Phi) is 7.66. The third-order valence-corrected chi connectivity index (χ3v) is 4.76. The maximum atomic E-state index is 12.1. The van der Waals surface area contributed by atoms with Gasteiger partial charge in [-0.05, 0) is 30.4 Å². The van der Waals surface area contributed by atoms with Gasteiger partial charge in [-0.25, -0.2) is 4.79 Å². The van der Waals surface area contributed by atoms with Crippen LogP contribution in [-0.2, 0) is 20.9 Å². The fraction of sp³-hybridized carbons (Fsp3) is 0.611. The Labute approximate surface area is 164 Å². The Balaban J connectivity index is 0.000000370. The third-order valence-electron chi connectivity index (χ3n) is 4.76. The molecule has 0 aromatic carbocycles. The van der Waals surface area contributed by atoms with E-state index in [1.807, 2.05) is 17.0 Å². The molecule has 1 aromatic heterocycles. The summed E-state index contributed by atoms with van der Waals surface area (Å²) < 4.78 is 37.1. The first kappa shape index (κ1) is 22.7. The number of hydrogen-bond donors (Lipinski definition) is 2. The number of hydrogen-bond acceptors (Lipinski definition) is 5. The highest BCUT2D eigenvalue weighted by Crippen LogP contribution is 2.29. The molecule has 0 saturated carbocycles. The first-order valence-electron chi connectivity index (χ1n) is 9.09. The third kappa shape index (κ3) is 7.41. The standard InChI is InChI=1S/C16H22N2O4.C2HF3O2/c19-15(3-4-16(20)21)18-9-12-6-13(10-18)8-17(7-12)11-14-2-1-5-22-14;3-2(4,5)1(6)7/h1-2,5,12-13H,3-4,6-11H2,(H,20,21);(H,6,7)/t12-,13+;. The number of carboxylic acids is 2. The molecule has 0 radical (unpaired) electrons. The highest BCUT2D eigenvalue weighted by atomic mass is 19.4. The van der Waals surface area contributed by atoms with Crippen molar-refractivity contribution in [2.24, 2.45) is 11.8 Å². The lowest BCUT2D eigenvalue weighted by Gasteiger charge is -2.45. The summed E-state index contributed by atoms with van der Waals surface area (Å²) in [6.45, 7) is 4.28. The molecule has 29 heavy (non-hydrogen) atoms. The number of likely N-dealkylation sites (tertiary alicyclic amines) is 2. The molecule has 8 nitrogen and oxygen atoms in total. The van der Waals surface area contributed by atoms with Crippen LogP contribution in [0, 0.1) is 11.8 Å². The van der Waals surface area contributed by atoms with Crippen LogP contribution in [0.5, 0.6) is 0 Å². The van der Waals surface area contributed by atoms with Crippen molar-refractivity contribution >= 4 is 17.8 Å². The van der Waals surface area contributed by atoms with Crippen molar-refractivity contribution in [3.8, 4) is 0 Å². The lowest BCUT2D eigenvalue weighted by Crippen LogP contribution is -2.53. The molecule has 0 spiro atoms. The number of furan rings is 1. The van der Waals surface area contributed by atoms with Gasteiger partial charge in [0.2, 0.25) is 5.91 Å². The van der Waals surface area contributed by atoms with Crippen LogP contribution in [0.25, 0.3) is 0 Å². The van der Waals surface area contributed by atoms with Crippen LogP contribution in [0.1, 0.15) is 25.0 Å². The normalized spacial score (nSPS) is 21.8. The number of fused-ring (bicyclic) bond motifs is 2. The van der Waals surface area contributed by atoms with Crippen LogP contribution >= 0.6 is 0 Å². The molecule has 162 valence electrons. The number of carboxylic acid groups (broad SMARTS) is 2. The quantitative estimate of drug-likeness (QED) is 0.750. The fourth-order valence-corrected chi connectivity index (χ4v) is 3.72. The van der Waals surface area contributed by atoms with Crippen LogP contribution in [0.15, 0.2) is 22.8 Å². The van der Waals surface area contributed by atoms with Crippen molar-refractivity contribution in [1.29, 1.82) is 0 Å². The molecular weight excluding hydrogens is 397 g/mol. The molecule has 2 bridgehead atoms. The van der Waals surface area contributed by atoms with Crippen molar-refractivity contribution in [2.45, 2.75) is 32.0 Å². The summed E-state index contributed by atoms with van der Waals surface area (Å²) in [6, 6.07) is 3.90. The van der Waals surface area contributed by atoms with Gasteiger partial charge in [0.05, 0.1) is 19.2 Å². The summed E-state index contributed by atoms with van der Waals surface area (Å²) in [6.07, 6.45) is -2.18. The van der Waals surface area contributed by atoms with Crippen molar-refractivity contribution in [3.63, 3.8) is 0 Å². The van der Waals surface area contributed by atoms with E-state index in [0.29, 0.717) is 11.8 Å². The number of nitrogens with zero attached hydrogens (tertiary/aromatic N) is 2. The molecule has 2 aliphatic heterocycles. The van der Waals surface area contributed by atoms with Gasteiger partial charge in [0.25, 0.3) is 0 Å². The summed E-state index contributed by atoms with van der Waals surface area (Å²) in [7, 11) is 0. The SMILES string of the molecule is O=C(O)C(F)(F)F.O=C(O)CCC(=O)N1C[C@@H]2C[C@@H](CN(Cc3ccco3)C2)C1. The Bertz CT molecular complexity index is 693. The van der Waals surface area contributed by atoms with Gasteiger partial charge in [0, 0.05) is 32.6 Å². The Morgan fingerprint density at radius 1 is 1.07 bits per heavy atom. The van der Waals surface area contributed by atoms with Crippen LogP contribution in [-0.4, -0.2) is 70.2 Å². The average molecular weight is 420 g/mol. The Morgan fingerprint density at radius 2 is 1.66 bits per heavy atom. The second-order valence-corrected chi connectivity index (χ2v) is 7.24. The van der Waals surface area contributed by atoms with Crippen LogP contribution in [0.3, 0.4) is 0 Å². The lowest BCUT2D eigenvalue weighted by molar-refractivity contribution is -0.192. The molecule has 11 heteroatoms. The van der Waals surface area contributed by atoms with Crippen LogP contribution < -0.4 is 0 Å². The Hall–Kier alpha value is -2.56. The van der Waals surface area contributed by atoms with E-state index in [0.717, 1.165) is 44.9 Å². The first-order valence-corrected chi connectivity index (χ1v) is 9.09. The summed E-state index contributed by atoms with van der Waals surface area (Å²) in [5.41, 5.74) is 0. The number of aliphatic carboxylic acids is 2.